The zero-order valence-corrected chi connectivity index (χ0v) is 11.7. The molecule has 1 heterocycles. The molecule has 108 valence electrons. The van der Waals surface area contributed by atoms with Crippen LogP contribution in [0.25, 0.3) is 5.69 Å². The molecule has 0 aliphatic carbocycles. The van der Waals surface area contributed by atoms with Crippen LogP contribution < -0.4 is 5.73 Å². The van der Waals surface area contributed by atoms with E-state index >= 15 is 0 Å². The van der Waals surface area contributed by atoms with Crippen molar-refractivity contribution in [1.29, 1.82) is 5.26 Å². The number of nitriles is 1. The van der Waals surface area contributed by atoms with Gasteiger partial charge in [0.05, 0.1) is 17.3 Å². The summed E-state index contributed by atoms with van der Waals surface area (Å²) in [7, 11) is 0. The largest absolute Gasteiger partial charge is 0.461 e. The maximum atomic E-state index is 13.2. The number of nitrogen functional groups attached to an aromatic ring is 1. The maximum Gasteiger partial charge on any atom is 0.359 e. The first-order chi connectivity index (χ1) is 9.99. The van der Waals surface area contributed by atoms with Crippen molar-refractivity contribution in [2.24, 2.45) is 0 Å². The quantitative estimate of drug-likeness (QED) is 0.878. The number of aromatic nitrogens is 2. The Morgan fingerprint density at radius 3 is 2.90 bits per heavy atom. The summed E-state index contributed by atoms with van der Waals surface area (Å²) in [6.07, 6.45) is 0. The first-order valence-corrected chi connectivity index (χ1v) is 6.28. The summed E-state index contributed by atoms with van der Waals surface area (Å²) < 4.78 is 19.2. The predicted molar refractivity (Wildman–Crippen MR) is 73.6 cm³/mol. The van der Waals surface area contributed by atoms with E-state index in [9.17, 15) is 9.18 Å². The Balaban J connectivity index is 2.65. The highest BCUT2D eigenvalue weighted by molar-refractivity contribution is 6.30. The zero-order valence-electron chi connectivity index (χ0n) is 10.9. The minimum atomic E-state index is -0.732. The van der Waals surface area contributed by atoms with Crippen LogP contribution in [-0.2, 0) is 4.74 Å². The van der Waals surface area contributed by atoms with E-state index in [0.29, 0.717) is 0 Å². The first kappa shape index (κ1) is 14.8. The molecule has 0 bridgehead atoms. The number of hydrogen-bond acceptors (Lipinski definition) is 5. The SMILES string of the molecule is CCOC(=O)c1c(N)c(C#N)nn1-c1ccc(F)c(Cl)c1. The Labute approximate surface area is 124 Å². The molecule has 6 nitrogen and oxygen atoms in total. The third-order valence-corrected chi connectivity index (χ3v) is 2.93. The number of carbonyl (C=O) groups excluding carboxylic acids is 1. The molecule has 8 heteroatoms. The van der Waals surface area contributed by atoms with Crippen molar-refractivity contribution in [3.8, 4) is 11.8 Å². The average molecular weight is 309 g/mol. The molecule has 21 heavy (non-hydrogen) atoms. The number of nitrogens with two attached hydrogens (primary N) is 1. The van der Waals surface area contributed by atoms with Crippen molar-refractivity contribution in [3.63, 3.8) is 0 Å². The van der Waals surface area contributed by atoms with Crippen LogP contribution in [-0.4, -0.2) is 22.4 Å². The Bertz CT molecular complexity index is 751. The second-order valence-electron chi connectivity index (χ2n) is 3.95. The molecule has 0 atom stereocenters. The number of rotatable bonds is 3. The van der Waals surface area contributed by atoms with Crippen molar-refractivity contribution in [2.45, 2.75) is 6.92 Å². The molecule has 1 aromatic heterocycles. The highest BCUT2D eigenvalue weighted by atomic mass is 35.5. The summed E-state index contributed by atoms with van der Waals surface area (Å²) in [5, 5.41) is 12.7. The Morgan fingerprint density at radius 2 is 2.33 bits per heavy atom. The molecule has 1 aromatic carbocycles. The fourth-order valence-electron chi connectivity index (χ4n) is 1.71. The lowest BCUT2D eigenvalue weighted by atomic mass is 10.2. The molecule has 2 rings (SSSR count). The summed E-state index contributed by atoms with van der Waals surface area (Å²) in [6, 6.07) is 5.53. The lowest BCUT2D eigenvalue weighted by Gasteiger charge is -2.08. The van der Waals surface area contributed by atoms with Crippen molar-refractivity contribution in [2.75, 3.05) is 12.3 Å². The second-order valence-corrected chi connectivity index (χ2v) is 4.36. The van der Waals surface area contributed by atoms with E-state index in [1.165, 1.54) is 12.1 Å². The van der Waals surface area contributed by atoms with Crippen molar-refractivity contribution >= 4 is 23.3 Å². The molecule has 2 N–H and O–H groups in total. The van der Waals surface area contributed by atoms with Gasteiger partial charge in [0.25, 0.3) is 0 Å². The lowest BCUT2D eigenvalue weighted by molar-refractivity contribution is 0.0517. The summed E-state index contributed by atoms with van der Waals surface area (Å²) in [6.45, 7) is 1.77. The van der Waals surface area contributed by atoms with Crippen molar-refractivity contribution in [3.05, 3.63) is 40.4 Å². The van der Waals surface area contributed by atoms with E-state index in [-0.39, 0.29) is 34.4 Å². The molecule has 0 unspecified atom stereocenters. The Hall–Kier alpha value is -2.59. The molecule has 0 spiro atoms. The van der Waals surface area contributed by atoms with E-state index in [1.807, 2.05) is 0 Å². The topological polar surface area (TPSA) is 93.9 Å². The number of hydrogen-bond donors (Lipinski definition) is 1. The minimum absolute atomic E-state index is 0.101. The number of halogens is 2. The molecular weight excluding hydrogens is 299 g/mol. The van der Waals surface area contributed by atoms with Gasteiger partial charge < -0.3 is 10.5 Å². The Morgan fingerprint density at radius 1 is 1.62 bits per heavy atom. The molecule has 0 aliphatic rings. The molecule has 0 saturated carbocycles. The van der Waals surface area contributed by atoms with Gasteiger partial charge in [-0.2, -0.15) is 10.4 Å². The van der Waals surface area contributed by atoms with Gasteiger partial charge in [-0.25, -0.2) is 13.9 Å². The van der Waals surface area contributed by atoms with Crippen molar-refractivity contribution < 1.29 is 13.9 Å². The van der Waals surface area contributed by atoms with Crippen LogP contribution in [0.15, 0.2) is 18.2 Å². The number of esters is 1. The molecule has 0 aliphatic heterocycles. The normalized spacial score (nSPS) is 10.2. The number of benzene rings is 1. The van der Waals surface area contributed by atoms with E-state index in [0.717, 1.165) is 10.7 Å². The number of anilines is 1. The average Bonchev–Trinajstić information content (AvgIpc) is 2.79. The van der Waals surface area contributed by atoms with Gasteiger partial charge in [0, 0.05) is 0 Å². The lowest BCUT2D eigenvalue weighted by Crippen LogP contribution is -2.13. The van der Waals surface area contributed by atoms with Crippen molar-refractivity contribution in [1.82, 2.24) is 9.78 Å². The molecule has 0 fully saturated rings. The molecule has 0 radical (unpaired) electrons. The summed E-state index contributed by atoms with van der Waals surface area (Å²) in [5.41, 5.74) is 5.70. The van der Waals surface area contributed by atoms with Crippen LogP contribution in [0.2, 0.25) is 5.02 Å². The van der Waals surface area contributed by atoms with E-state index in [2.05, 4.69) is 5.10 Å². The van der Waals surface area contributed by atoms with Gasteiger partial charge in [0.1, 0.15) is 17.6 Å². The van der Waals surface area contributed by atoms with Crippen LogP contribution in [0, 0.1) is 17.1 Å². The maximum absolute atomic E-state index is 13.2. The molecule has 0 amide bonds. The van der Waals surface area contributed by atoms with Crippen LogP contribution in [0.1, 0.15) is 23.1 Å². The summed E-state index contributed by atoms with van der Waals surface area (Å²) in [5.74, 6) is -1.34. The first-order valence-electron chi connectivity index (χ1n) is 5.90. The fraction of sp³-hybridized carbons (Fsp3) is 0.154. The second kappa shape index (κ2) is 5.81. The van der Waals surface area contributed by atoms with Crippen LogP contribution in [0.4, 0.5) is 10.1 Å². The van der Waals surface area contributed by atoms with Gasteiger partial charge in [-0.1, -0.05) is 11.6 Å². The third-order valence-electron chi connectivity index (χ3n) is 2.64. The summed E-state index contributed by atoms with van der Waals surface area (Å²) >= 11 is 5.71. The van der Waals surface area contributed by atoms with E-state index < -0.39 is 11.8 Å². The van der Waals surface area contributed by atoms with Gasteiger partial charge >= 0.3 is 5.97 Å². The fourth-order valence-corrected chi connectivity index (χ4v) is 1.89. The standard InChI is InChI=1S/C13H10ClFN4O2/c1-2-21-13(20)12-11(17)10(6-16)18-19(12)7-3-4-9(15)8(14)5-7/h3-5H,2,17H2,1H3. The highest BCUT2D eigenvalue weighted by Gasteiger charge is 2.24. The highest BCUT2D eigenvalue weighted by Crippen LogP contribution is 2.24. The smallest absolute Gasteiger partial charge is 0.359 e. The third kappa shape index (κ3) is 2.66. The van der Waals surface area contributed by atoms with Gasteiger partial charge in [0.2, 0.25) is 0 Å². The Kier molecular flexibility index (Phi) is 4.10. The monoisotopic (exact) mass is 308 g/mol. The molecule has 2 aromatic rings. The van der Waals surface area contributed by atoms with Gasteiger partial charge in [0.15, 0.2) is 11.4 Å². The molecule has 0 saturated heterocycles. The minimum Gasteiger partial charge on any atom is -0.461 e. The van der Waals surface area contributed by atoms with Crippen LogP contribution in [0.5, 0.6) is 0 Å². The number of ether oxygens (including phenoxy) is 1. The van der Waals surface area contributed by atoms with Crippen LogP contribution in [0.3, 0.4) is 0 Å². The summed E-state index contributed by atoms with van der Waals surface area (Å²) in [4.78, 5) is 12.0. The van der Waals surface area contributed by atoms with E-state index in [1.54, 1.807) is 13.0 Å². The molecular formula is C13H10ClFN4O2. The van der Waals surface area contributed by atoms with Crippen LogP contribution >= 0.6 is 11.6 Å². The number of carbonyl (C=O) groups is 1. The number of nitrogens with zero attached hydrogens (tertiary/aromatic N) is 3. The zero-order chi connectivity index (χ0) is 15.6. The van der Waals surface area contributed by atoms with Gasteiger partial charge in [-0.15, -0.1) is 0 Å². The van der Waals surface area contributed by atoms with E-state index in [4.69, 9.17) is 27.3 Å². The van der Waals surface area contributed by atoms with Gasteiger partial charge in [-0.3, -0.25) is 0 Å². The predicted octanol–water partition coefficient (Wildman–Crippen LogP) is 2.30. The van der Waals surface area contributed by atoms with Gasteiger partial charge in [-0.05, 0) is 25.1 Å².